The predicted octanol–water partition coefficient (Wildman–Crippen LogP) is 3.22. The molecule has 0 bridgehead atoms. The van der Waals surface area contributed by atoms with Crippen molar-refractivity contribution in [3.8, 4) is 0 Å². The molecular formula is C16H20BrN3O. The van der Waals surface area contributed by atoms with E-state index in [1.54, 1.807) is 0 Å². The van der Waals surface area contributed by atoms with Crippen LogP contribution in [0.15, 0.2) is 41.0 Å². The van der Waals surface area contributed by atoms with E-state index in [1.807, 2.05) is 54.9 Å². The summed E-state index contributed by atoms with van der Waals surface area (Å²) < 4.78 is 2.86. The Morgan fingerprint density at radius 3 is 2.62 bits per heavy atom. The Labute approximate surface area is 133 Å². The Balaban J connectivity index is 2.12. The van der Waals surface area contributed by atoms with Crippen LogP contribution in [0.1, 0.15) is 41.5 Å². The molecule has 0 unspecified atom stereocenters. The molecule has 0 radical (unpaired) electrons. The second-order valence-electron chi connectivity index (χ2n) is 5.20. The van der Waals surface area contributed by atoms with Gasteiger partial charge < -0.3 is 15.6 Å². The zero-order valence-electron chi connectivity index (χ0n) is 12.3. The number of amides is 1. The lowest BCUT2D eigenvalue weighted by atomic mass is 10.1. The molecule has 3 N–H and O–H groups in total. The highest BCUT2D eigenvalue weighted by Crippen LogP contribution is 2.19. The molecule has 5 heteroatoms. The largest absolute Gasteiger partial charge is 0.347 e. The predicted molar refractivity (Wildman–Crippen MR) is 88.0 cm³/mol. The van der Waals surface area contributed by atoms with Gasteiger partial charge in [-0.3, -0.25) is 4.79 Å². The number of benzene rings is 1. The molecule has 21 heavy (non-hydrogen) atoms. The van der Waals surface area contributed by atoms with Gasteiger partial charge in [-0.25, -0.2) is 0 Å². The van der Waals surface area contributed by atoms with Gasteiger partial charge in [0.2, 0.25) is 0 Å². The Hall–Kier alpha value is -1.59. The summed E-state index contributed by atoms with van der Waals surface area (Å²) in [4.78, 5) is 12.4. The van der Waals surface area contributed by atoms with Gasteiger partial charge in [-0.05, 0) is 47.0 Å². The molecule has 0 atom stereocenters. The third-order valence-corrected chi connectivity index (χ3v) is 3.82. The zero-order valence-corrected chi connectivity index (χ0v) is 13.9. The van der Waals surface area contributed by atoms with E-state index in [2.05, 4.69) is 21.2 Å². The Morgan fingerprint density at radius 2 is 2.00 bits per heavy atom. The number of hydrogen-bond acceptors (Lipinski definition) is 2. The van der Waals surface area contributed by atoms with Gasteiger partial charge in [-0.15, -0.1) is 0 Å². The van der Waals surface area contributed by atoms with Crippen molar-refractivity contribution in [1.29, 1.82) is 0 Å². The maximum atomic E-state index is 12.4. The Kier molecular flexibility index (Phi) is 5.20. The molecule has 0 spiro atoms. The van der Waals surface area contributed by atoms with Crippen LogP contribution in [0.2, 0.25) is 0 Å². The fourth-order valence-corrected chi connectivity index (χ4v) is 2.69. The van der Waals surface area contributed by atoms with Crippen molar-refractivity contribution in [2.45, 2.75) is 33.0 Å². The molecule has 4 nitrogen and oxygen atoms in total. The molecule has 0 aliphatic rings. The van der Waals surface area contributed by atoms with Crippen LogP contribution in [-0.2, 0) is 13.1 Å². The van der Waals surface area contributed by atoms with Gasteiger partial charge in [0.1, 0.15) is 5.69 Å². The topological polar surface area (TPSA) is 60.0 Å². The van der Waals surface area contributed by atoms with Crippen molar-refractivity contribution in [3.63, 3.8) is 0 Å². The standard InChI is InChI=1S/C16H20BrN3O/c1-11(2)20-10-14(17)7-15(20)16(21)19-9-13-6-4-3-5-12(13)8-18/h3-7,10-11H,8-9,18H2,1-2H3,(H,19,21). The molecule has 1 aromatic carbocycles. The van der Waals surface area contributed by atoms with Crippen LogP contribution in [0, 0.1) is 0 Å². The first-order valence-corrected chi connectivity index (χ1v) is 7.74. The second kappa shape index (κ2) is 6.91. The number of aromatic nitrogens is 1. The van der Waals surface area contributed by atoms with Crippen molar-refractivity contribution in [2.75, 3.05) is 0 Å². The van der Waals surface area contributed by atoms with Gasteiger partial charge in [0.15, 0.2) is 0 Å². The van der Waals surface area contributed by atoms with Crippen molar-refractivity contribution in [1.82, 2.24) is 9.88 Å². The molecule has 0 fully saturated rings. The van der Waals surface area contributed by atoms with Crippen molar-refractivity contribution in [3.05, 3.63) is 57.8 Å². The van der Waals surface area contributed by atoms with Crippen LogP contribution in [0.5, 0.6) is 0 Å². The molecule has 2 aromatic rings. The van der Waals surface area contributed by atoms with Gasteiger partial charge in [0, 0.05) is 29.8 Å². The maximum absolute atomic E-state index is 12.4. The molecule has 0 saturated heterocycles. The summed E-state index contributed by atoms with van der Waals surface area (Å²) in [6, 6.07) is 9.94. The molecule has 1 amide bonds. The van der Waals surface area contributed by atoms with Crippen LogP contribution in [0.25, 0.3) is 0 Å². The molecule has 0 aliphatic carbocycles. The maximum Gasteiger partial charge on any atom is 0.268 e. The van der Waals surface area contributed by atoms with Crippen molar-refractivity contribution < 1.29 is 4.79 Å². The van der Waals surface area contributed by atoms with E-state index in [1.165, 1.54) is 0 Å². The van der Waals surface area contributed by atoms with Gasteiger partial charge in [-0.1, -0.05) is 24.3 Å². The summed E-state index contributed by atoms with van der Waals surface area (Å²) in [5, 5.41) is 2.96. The first-order chi connectivity index (χ1) is 10.0. The fraction of sp³-hybridized carbons (Fsp3) is 0.312. The highest BCUT2D eigenvalue weighted by atomic mass is 79.9. The normalized spacial score (nSPS) is 10.9. The number of nitrogens with zero attached hydrogens (tertiary/aromatic N) is 1. The van der Waals surface area contributed by atoms with Gasteiger partial charge in [-0.2, -0.15) is 0 Å². The van der Waals surface area contributed by atoms with Crippen LogP contribution in [-0.4, -0.2) is 10.5 Å². The number of carbonyl (C=O) groups is 1. The molecule has 2 rings (SSSR count). The lowest BCUT2D eigenvalue weighted by molar-refractivity contribution is 0.0940. The lowest BCUT2D eigenvalue weighted by Crippen LogP contribution is -2.26. The average Bonchev–Trinajstić information content (AvgIpc) is 2.87. The monoisotopic (exact) mass is 349 g/mol. The number of rotatable bonds is 5. The minimum absolute atomic E-state index is 0.0822. The van der Waals surface area contributed by atoms with E-state index in [4.69, 9.17) is 5.73 Å². The summed E-state index contributed by atoms with van der Waals surface area (Å²) in [5.41, 5.74) is 8.47. The molecule has 1 aromatic heterocycles. The van der Waals surface area contributed by atoms with E-state index in [0.717, 1.165) is 15.6 Å². The second-order valence-corrected chi connectivity index (χ2v) is 6.12. The third-order valence-electron chi connectivity index (χ3n) is 3.38. The van der Waals surface area contributed by atoms with E-state index in [-0.39, 0.29) is 11.9 Å². The average molecular weight is 350 g/mol. The van der Waals surface area contributed by atoms with Crippen LogP contribution >= 0.6 is 15.9 Å². The van der Waals surface area contributed by atoms with Crippen molar-refractivity contribution in [2.24, 2.45) is 5.73 Å². The third kappa shape index (κ3) is 3.74. The van der Waals surface area contributed by atoms with E-state index in [0.29, 0.717) is 18.8 Å². The van der Waals surface area contributed by atoms with Crippen molar-refractivity contribution >= 4 is 21.8 Å². The molecule has 112 valence electrons. The van der Waals surface area contributed by atoms with Crippen LogP contribution < -0.4 is 11.1 Å². The number of carbonyl (C=O) groups excluding carboxylic acids is 1. The number of nitrogens with two attached hydrogens (primary N) is 1. The quantitative estimate of drug-likeness (QED) is 0.870. The Morgan fingerprint density at radius 1 is 1.33 bits per heavy atom. The molecule has 0 aliphatic heterocycles. The van der Waals surface area contributed by atoms with E-state index in [9.17, 15) is 4.79 Å². The SMILES string of the molecule is CC(C)n1cc(Br)cc1C(=O)NCc1ccccc1CN. The summed E-state index contributed by atoms with van der Waals surface area (Å²) in [6.07, 6.45) is 1.92. The summed E-state index contributed by atoms with van der Waals surface area (Å²) in [6.45, 7) is 5.05. The number of halogens is 1. The van der Waals surface area contributed by atoms with E-state index >= 15 is 0 Å². The van der Waals surface area contributed by atoms with Crippen LogP contribution in [0.4, 0.5) is 0 Å². The highest BCUT2D eigenvalue weighted by molar-refractivity contribution is 9.10. The highest BCUT2D eigenvalue weighted by Gasteiger charge is 2.15. The van der Waals surface area contributed by atoms with Gasteiger partial charge in [0.25, 0.3) is 5.91 Å². The summed E-state index contributed by atoms with van der Waals surface area (Å²) in [5.74, 6) is -0.0822. The molecular weight excluding hydrogens is 330 g/mol. The summed E-state index contributed by atoms with van der Waals surface area (Å²) in [7, 11) is 0. The first-order valence-electron chi connectivity index (χ1n) is 6.95. The first kappa shape index (κ1) is 15.8. The van der Waals surface area contributed by atoms with Gasteiger partial charge >= 0.3 is 0 Å². The fourth-order valence-electron chi connectivity index (χ4n) is 2.25. The summed E-state index contributed by atoms with van der Waals surface area (Å²) >= 11 is 3.42. The molecule has 1 heterocycles. The lowest BCUT2D eigenvalue weighted by Gasteiger charge is -2.13. The minimum Gasteiger partial charge on any atom is -0.347 e. The molecule has 0 saturated carbocycles. The smallest absolute Gasteiger partial charge is 0.268 e. The number of hydrogen-bond donors (Lipinski definition) is 2. The zero-order chi connectivity index (χ0) is 15.4. The Bertz CT molecular complexity index is 634. The van der Waals surface area contributed by atoms with E-state index < -0.39 is 0 Å². The number of nitrogens with one attached hydrogen (secondary N) is 1. The van der Waals surface area contributed by atoms with Crippen LogP contribution in [0.3, 0.4) is 0 Å². The minimum atomic E-state index is -0.0822. The van der Waals surface area contributed by atoms with Gasteiger partial charge in [0.05, 0.1) is 0 Å².